The van der Waals surface area contributed by atoms with Crippen LogP contribution >= 0.6 is 0 Å². The van der Waals surface area contributed by atoms with Crippen molar-refractivity contribution in [2.24, 2.45) is 0 Å². The van der Waals surface area contributed by atoms with Crippen LogP contribution in [0.2, 0.25) is 0 Å². The van der Waals surface area contributed by atoms with Crippen LogP contribution in [0.4, 0.5) is 0 Å². The minimum absolute atomic E-state index is 0.143. The molecule has 1 heterocycles. The van der Waals surface area contributed by atoms with Crippen molar-refractivity contribution in [3.8, 4) is 0 Å². The molecule has 5 nitrogen and oxygen atoms in total. The lowest BCUT2D eigenvalue weighted by molar-refractivity contribution is -0.140. The minimum atomic E-state index is -0.260. The number of ether oxygens (including phenoxy) is 1. The standard InChI is InChI=1S/C12H16N2O3/c1-14(9-5-7-11(15)17-2)12(16)10-6-3-4-8-13-10/h3-4,6,8H,5,7,9H2,1-2H3. The van der Waals surface area contributed by atoms with E-state index in [1.165, 1.54) is 7.11 Å². The number of hydrogen-bond donors (Lipinski definition) is 0. The molecule has 0 bridgehead atoms. The van der Waals surface area contributed by atoms with E-state index in [0.29, 0.717) is 25.1 Å². The van der Waals surface area contributed by atoms with Crippen molar-refractivity contribution < 1.29 is 14.3 Å². The maximum atomic E-state index is 11.8. The first kappa shape index (κ1) is 13.2. The molecule has 0 aliphatic heterocycles. The summed E-state index contributed by atoms with van der Waals surface area (Å²) < 4.78 is 4.52. The Bertz CT molecular complexity index is 379. The van der Waals surface area contributed by atoms with Gasteiger partial charge in [-0.05, 0) is 18.6 Å². The molecular formula is C12H16N2O3. The third-order valence-corrected chi connectivity index (χ3v) is 2.33. The van der Waals surface area contributed by atoms with E-state index in [1.54, 1.807) is 36.3 Å². The molecule has 0 fully saturated rings. The van der Waals surface area contributed by atoms with Gasteiger partial charge in [-0.3, -0.25) is 14.6 Å². The van der Waals surface area contributed by atoms with E-state index >= 15 is 0 Å². The first-order chi connectivity index (χ1) is 8.15. The van der Waals surface area contributed by atoms with Crippen LogP contribution in [-0.2, 0) is 9.53 Å². The smallest absolute Gasteiger partial charge is 0.305 e. The van der Waals surface area contributed by atoms with Gasteiger partial charge in [0.15, 0.2) is 0 Å². The molecule has 0 N–H and O–H groups in total. The van der Waals surface area contributed by atoms with Gasteiger partial charge >= 0.3 is 5.97 Å². The number of hydrogen-bond acceptors (Lipinski definition) is 4. The lowest BCUT2D eigenvalue weighted by Crippen LogP contribution is -2.28. The molecule has 1 amide bonds. The van der Waals surface area contributed by atoms with Crippen LogP contribution in [0.25, 0.3) is 0 Å². The van der Waals surface area contributed by atoms with Gasteiger partial charge in [0.25, 0.3) is 5.91 Å². The van der Waals surface area contributed by atoms with Crippen LogP contribution in [-0.4, -0.2) is 42.5 Å². The average Bonchev–Trinajstić information content (AvgIpc) is 2.38. The molecule has 0 saturated heterocycles. The highest BCUT2D eigenvalue weighted by atomic mass is 16.5. The zero-order valence-corrected chi connectivity index (χ0v) is 10.0. The molecule has 92 valence electrons. The van der Waals surface area contributed by atoms with Crippen molar-refractivity contribution in [2.45, 2.75) is 12.8 Å². The second-order valence-corrected chi connectivity index (χ2v) is 3.62. The SMILES string of the molecule is COC(=O)CCCN(C)C(=O)c1ccccn1. The number of pyridine rings is 1. The number of methoxy groups -OCH3 is 1. The summed E-state index contributed by atoms with van der Waals surface area (Å²) in [5, 5.41) is 0. The van der Waals surface area contributed by atoms with E-state index in [4.69, 9.17) is 0 Å². The number of amides is 1. The van der Waals surface area contributed by atoms with Crippen molar-refractivity contribution in [3.63, 3.8) is 0 Å². The van der Waals surface area contributed by atoms with Crippen molar-refractivity contribution >= 4 is 11.9 Å². The molecule has 0 radical (unpaired) electrons. The third-order valence-electron chi connectivity index (χ3n) is 2.33. The van der Waals surface area contributed by atoms with Gasteiger partial charge in [-0.25, -0.2) is 0 Å². The molecule has 1 aromatic rings. The van der Waals surface area contributed by atoms with Crippen LogP contribution in [0.15, 0.2) is 24.4 Å². The number of esters is 1. The Balaban J connectivity index is 2.40. The summed E-state index contributed by atoms with van der Waals surface area (Å²) in [4.78, 5) is 28.3. The second-order valence-electron chi connectivity index (χ2n) is 3.62. The fourth-order valence-corrected chi connectivity index (χ4v) is 1.35. The topological polar surface area (TPSA) is 59.5 Å². The first-order valence-corrected chi connectivity index (χ1v) is 5.38. The molecule has 1 aromatic heterocycles. The maximum absolute atomic E-state index is 11.8. The van der Waals surface area contributed by atoms with Gasteiger partial charge in [-0.15, -0.1) is 0 Å². The van der Waals surface area contributed by atoms with Crippen molar-refractivity contribution in [1.82, 2.24) is 9.88 Å². The Morgan fingerprint density at radius 2 is 2.18 bits per heavy atom. The Morgan fingerprint density at radius 1 is 1.41 bits per heavy atom. The van der Waals surface area contributed by atoms with Crippen LogP contribution in [0, 0.1) is 0 Å². The van der Waals surface area contributed by atoms with Gasteiger partial charge in [-0.1, -0.05) is 6.07 Å². The lowest BCUT2D eigenvalue weighted by Gasteiger charge is -2.15. The first-order valence-electron chi connectivity index (χ1n) is 5.38. The maximum Gasteiger partial charge on any atom is 0.305 e. The van der Waals surface area contributed by atoms with Crippen molar-refractivity contribution in [1.29, 1.82) is 0 Å². The van der Waals surface area contributed by atoms with Crippen LogP contribution in [0.3, 0.4) is 0 Å². The van der Waals surface area contributed by atoms with Crippen LogP contribution in [0.5, 0.6) is 0 Å². The zero-order chi connectivity index (χ0) is 12.7. The molecule has 0 atom stereocenters. The molecule has 0 spiro atoms. The van der Waals surface area contributed by atoms with Crippen LogP contribution in [0.1, 0.15) is 23.3 Å². The Hall–Kier alpha value is -1.91. The number of carbonyl (C=O) groups is 2. The third kappa shape index (κ3) is 4.22. The number of aromatic nitrogens is 1. The molecule has 0 aliphatic carbocycles. The monoisotopic (exact) mass is 236 g/mol. The molecule has 0 unspecified atom stereocenters. The van der Waals surface area contributed by atoms with Gasteiger partial charge in [-0.2, -0.15) is 0 Å². The zero-order valence-electron chi connectivity index (χ0n) is 10.0. The minimum Gasteiger partial charge on any atom is -0.469 e. The Morgan fingerprint density at radius 3 is 2.76 bits per heavy atom. The van der Waals surface area contributed by atoms with E-state index < -0.39 is 0 Å². The van der Waals surface area contributed by atoms with E-state index in [1.807, 2.05) is 0 Å². The highest BCUT2D eigenvalue weighted by Gasteiger charge is 2.12. The molecule has 5 heteroatoms. The summed E-state index contributed by atoms with van der Waals surface area (Å²) in [5.74, 6) is -0.404. The summed E-state index contributed by atoms with van der Waals surface area (Å²) in [6.07, 6.45) is 2.48. The van der Waals surface area contributed by atoms with Crippen molar-refractivity contribution in [3.05, 3.63) is 30.1 Å². The van der Waals surface area contributed by atoms with E-state index in [0.717, 1.165) is 0 Å². The van der Waals surface area contributed by atoms with Crippen molar-refractivity contribution in [2.75, 3.05) is 20.7 Å². The van der Waals surface area contributed by atoms with Gasteiger partial charge in [0.1, 0.15) is 5.69 Å². The van der Waals surface area contributed by atoms with E-state index in [2.05, 4.69) is 9.72 Å². The second kappa shape index (κ2) is 6.62. The fourth-order valence-electron chi connectivity index (χ4n) is 1.35. The Labute approximate surface area is 100 Å². The molecule has 0 aliphatic rings. The van der Waals surface area contributed by atoms with Gasteiger partial charge < -0.3 is 9.64 Å². The molecule has 17 heavy (non-hydrogen) atoms. The normalized spacial score (nSPS) is 9.76. The van der Waals surface area contributed by atoms with E-state index in [9.17, 15) is 9.59 Å². The van der Waals surface area contributed by atoms with Gasteiger partial charge in [0, 0.05) is 26.2 Å². The molecule has 0 aromatic carbocycles. The highest BCUT2D eigenvalue weighted by Crippen LogP contribution is 2.01. The average molecular weight is 236 g/mol. The Kier molecular flexibility index (Phi) is 5.13. The van der Waals surface area contributed by atoms with Crippen LogP contribution < -0.4 is 0 Å². The lowest BCUT2D eigenvalue weighted by atomic mass is 10.2. The quantitative estimate of drug-likeness (QED) is 0.718. The van der Waals surface area contributed by atoms with E-state index in [-0.39, 0.29) is 11.9 Å². The fraction of sp³-hybridized carbons (Fsp3) is 0.417. The number of nitrogens with zero attached hydrogens (tertiary/aromatic N) is 2. The number of rotatable bonds is 5. The molecule has 0 saturated carbocycles. The highest BCUT2D eigenvalue weighted by molar-refractivity contribution is 5.92. The summed E-state index contributed by atoms with van der Waals surface area (Å²) in [6.45, 7) is 0.504. The van der Waals surface area contributed by atoms with Gasteiger partial charge in [0.2, 0.25) is 0 Å². The predicted molar refractivity (Wildman–Crippen MR) is 62.4 cm³/mol. The number of carbonyl (C=O) groups excluding carboxylic acids is 2. The molecule has 1 rings (SSSR count). The molecular weight excluding hydrogens is 220 g/mol. The van der Waals surface area contributed by atoms with Gasteiger partial charge in [0.05, 0.1) is 7.11 Å². The predicted octanol–water partition coefficient (Wildman–Crippen LogP) is 1.11. The summed E-state index contributed by atoms with van der Waals surface area (Å²) >= 11 is 0. The summed E-state index contributed by atoms with van der Waals surface area (Å²) in [6, 6.07) is 5.19. The summed E-state index contributed by atoms with van der Waals surface area (Å²) in [7, 11) is 3.04. The summed E-state index contributed by atoms with van der Waals surface area (Å²) in [5.41, 5.74) is 0.410. The largest absolute Gasteiger partial charge is 0.469 e.